The van der Waals surface area contributed by atoms with E-state index in [0.717, 1.165) is 31.1 Å². The van der Waals surface area contributed by atoms with Gasteiger partial charge in [0.1, 0.15) is 12.2 Å². The zero-order valence-electron chi connectivity index (χ0n) is 19.2. The number of esters is 2. The highest BCUT2D eigenvalue weighted by Gasteiger charge is 2.67. The van der Waals surface area contributed by atoms with Crippen LogP contribution in [0.3, 0.4) is 0 Å². The van der Waals surface area contributed by atoms with Gasteiger partial charge in [-0.05, 0) is 80.5 Å². The molecular weight excluding hydrogens is 380 g/mol. The van der Waals surface area contributed by atoms with Gasteiger partial charge in [-0.3, -0.25) is 9.59 Å². The smallest absolute Gasteiger partial charge is 0.303 e. The van der Waals surface area contributed by atoms with Gasteiger partial charge in [0.05, 0.1) is 0 Å². The lowest BCUT2D eigenvalue weighted by molar-refractivity contribution is -0.211. The summed E-state index contributed by atoms with van der Waals surface area (Å²) in [4.78, 5) is 23.2. The third-order valence-electron chi connectivity index (χ3n) is 10.1. The van der Waals surface area contributed by atoms with Gasteiger partial charge in [0.15, 0.2) is 6.10 Å². The maximum Gasteiger partial charge on any atom is 0.303 e. The molecule has 0 heterocycles. The van der Waals surface area contributed by atoms with Crippen molar-refractivity contribution in [1.82, 2.24) is 0 Å². The monoisotopic (exact) mass is 420 g/mol. The van der Waals surface area contributed by atoms with Crippen molar-refractivity contribution in [2.45, 2.75) is 104 Å². The van der Waals surface area contributed by atoms with Gasteiger partial charge in [-0.15, -0.1) is 0 Å². The van der Waals surface area contributed by atoms with Gasteiger partial charge in [-0.2, -0.15) is 0 Å². The average Bonchev–Trinajstić information content (AvgIpc) is 2.96. The molecular formula is C25H40O5. The van der Waals surface area contributed by atoms with Crippen molar-refractivity contribution in [1.29, 1.82) is 0 Å². The van der Waals surface area contributed by atoms with E-state index in [0.29, 0.717) is 23.7 Å². The molecule has 0 amide bonds. The molecule has 4 aliphatic rings. The number of carbonyl (C=O) groups excluding carboxylic acids is 2. The fourth-order valence-corrected chi connectivity index (χ4v) is 8.54. The molecule has 8 atom stereocenters. The molecule has 170 valence electrons. The summed E-state index contributed by atoms with van der Waals surface area (Å²) in [6, 6.07) is 0. The van der Waals surface area contributed by atoms with E-state index in [1.807, 2.05) is 0 Å². The van der Waals surface area contributed by atoms with Gasteiger partial charge in [0.25, 0.3) is 0 Å². The molecule has 1 N–H and O–H groups in total. The molecule has 4 rings (SSSR count). The number of ether oxygens (including phenoxy) is 2. The summed E-state index contributed by atoms with van der Waals surface area (Å²) in [5.41, 5.74) is -1.00. The van der Waals surface area contributed by atoms with E-state index < -0.39 is 23.6 Å². The van der Waals surface area contributed by atoms with Crippen molar-refractivity contribution in [3.8, 4) is 0 Å². The van der Waals surface area contributed by atoms with Crippen LogP contribution in [0.1, 0.15) is 91.9 Å². The highest BCUT2D eigenvalue weighted by Crippen LogP contribution is 2.68. The normalized spacial score (nSPS) is 46.2. The zero-order valence-corrected chi connectivity index (χ0v) is 19.2. The molecule has 0 spiro atoms. The third kappa shape index (κ3) is 3.30. The van der Waals surface area contributed by atoms with Gasteiger partial charge < -0.3 is 14.6 Å². The Hall–Kier alpha value is -1.10. The number of aliphatic hydroxyl groups is 1. The van der Waals surface area contributed by atoms with Crippen LogP contribution in [-0.4, -0.2) is 35.4 Å². The molecule has 5 nitrogen and oxygen atoms in total. The lowest BCUT2D eigenvalue weighted by atomic mass is 9.44. The molecule has 0 radical (unpaired) electrons. The zero-order chi connectivity index (χ0) is 21.7. The standard InChI is InChI=1S/C25H40O5/c1-16(26)29-15-22(30-17(2)27)25(28)14-11-21-19-9-8-18-7-5-6-12-23(18,3)20(19)10-13-24(21,25)4/h18-22,28H,5-15H2,1-4H3. The molecule has 4 saturated carbocycles. The van der Waals surface area contributed by atoms with Crippen LogP contribution in [0, 0.1) is 34.5 Å². The summed E-state index contributed by atoms with van der Waals surface area (Å²) < 4.78 is 10.8. The largest absolute Gasteiger partial charge is 0.462 e. The Kier molecular flexibility index (Phi) is 5.74. The summed E-state index contributed by atoms with van der Waals surface area (Å²) in [5.74, 6) is 1.85. The predicted molar refractivity (Wildman–Crippen MR) is 113 cm³/mol. The molecule has 30 heavy (non-hydrogen) atoms. The Balaban J connectivity index is 1.60. The quantitative estimate of drug-likeness (QED) is 0.671. The van der Waals surface area contributed by atoms with Gasteiger partial charge in [-0.1, -0.05) is 26.7 Å². The van der Waals surface area contributed by atoms with E-state index in [2.05, 4.69) is 13.8 Å². The van der Waals surface area contributed by atoms with Crippen LogP contribution in [0.2, 0.25) is 0 Å². The number of hydrogen-bond donors (Lipinski definition) is 1. The van der Waals surface area contributed by atoms with E-state index in [9.17, 15) is 14.7 Å². The second kappa shape index (κ2) is 7.79. The van der Waals surface area contributed by atoms with Gasteiger partial charge in [-0.25, -0.2) is 0 Å². The van der Waals surface area contributed by atoms with E-state index in [1.54, 1.807) is 0 Å². The topological polar surface area (TPSA) is 72.8 Å². The first kappa shape index (κ1) is 22.1. The minimum absolute atomic E-state index is 0.0678. The molecule has 4 fully saturated rings. The minimum Gasteiger partial charge on any atom is -0.462 e. The van der Waals surface area contributed by atoms with Crippen molar-refractivity contribution in [2.75, 3.05) is 6.61 Å². The van der Waals surface area contributed by atoms with Crippen molar-refractivity contribution < 1.29 is 24.2 Å². The van der Waals surface area contributed by atoms with Crippen molar-refractivity contribution in [2.24, 2.45) is 34.5 Å². The Morgan fingerprint density at radius 3 is 2.37 bits per heavy atom. The van der Waals surface area contributed by atoms with Crippen LogP contribution in [0.15, 0.2) is 0 Å². The summed E-state index contributed by atoms with van der Waals surface area (Å²) in [5, 5.41) is 12.0. The molecule has 4 aliphatic carbocycles. The Morgan fingerprint density at radius 2 is 1.67 bits per heavy atom. The van der Waals surface area contributed by atoms with E-state index in [1.165, 1.54) is 52.4 Å². The second-order valence-electron chi connectivity index (χ2n) is 11.2. The third-order valence-corrected chi connectivity index (χ3v) is 10.1. The first-order chi connectivity index (χ1) is 14.1. The predicted octanol–water partition coefficient (Wildman–Crippen LogP) is 4.65. The summed E-state index contributed by atoms with van der Waals surface area (Å²) in [7, 11) is 0. The van der Waals surface area contributed by atoms with Gasteiger partial charge in [0.2, 0.25) is 0 Å². The molecule has 5 heteroatoms. The molecule has 0 aliphatic heterocycles. The summed E-state index contributed by atoms with van der Waals surface area (Å²) in [6.07, 6.45) is 11.0. The molecule has 0 saturated heterocycles. The van der Waals surface area contributed by atoms with Gasteiger partial charge in [0, 0.05) is 19.3 Å². The molecule has 0 aromatic rings. The minimum atomic E-state index is -1.14. The SMILES string of the molecule is CC(=O)OCC(OC(C)=O)C1(O)CCC2C3CCC4CCCCC4(C)C3CCC21C. The number of fused-ring (bicyclic) bond motifs is 5. The second-order valence-corrected chi connectivity index (χ2v) is 11.2. The van der Waals surface area contributed by atoms with E-state index >= 15 is 0 Å². The lowest BCUT2D eigenvalue weighted by Crippen LogP contribution is -2.61. The first-order valence-corrected chi connectivity index (χ1v) is 12.1. The number of rotatable bonds is 4. The fourth-order valence-electron chi connectivity index (χ4n) is 8.54. The van der Waals surface area contributed by atoms with Crippen LogP contribution in [0.5, 0.6) is 0 Å². The molecule has 8 unspecified atom stereocenters. The Labute approximate surface area is 181 Å². The fraction of sp³-hybridized carbons (Fsp3) is 0.920. The number of hydrogen-bond acceptors (Lipinski definition) is 5. The van der Waals surface area contributed by atoms with Crippen molar-refractivity contribution in [3.63, 3.8) is 0 Å². The van der Waals surface area contributed by atoms with Crippen LogP contribution in [-0.2, 0) is 19.1 Å². The summed E-state index contributed by atoms with van der Waals surface area (Å²) >= 11 is 0. The van der Waals surface area contributed by atoms with Crippen LogP contribution >= 0.6 is 0 Å². The van der Waals surface area contributed by atoms with Crippen LogP contribution < -0.4 is 0 Å². The van der Waals surface area contributed by atoms with Crippen molar-refractivity contribution >= 4 is 11.9 Å². The van der Waals surface area contributed by atoms with E-state index in [4.69, 9.17) is 9.47 Å². The Morgan fingerprint density at radius 1 is 0.933 bits per heavy atom. The Bertz CT molecular complexity index is 691. The maximum atomic E-state index is 12.0. The van der Waals surface area contributed by atoms with Crippen LogP contribution in [0.4, 0.5) is 0 Å². The molecule has 0 aromatic carbocycles. The van der Waals surface area contributed by atoms with Crippen molar-refractivity contribution in [3.05, 3.63) is 0 Å². The summed E-state index contributed by atoms with van der Waals surface area (Å²) in [6.45, 7) is 7.41. The molecule has 0 aromatic heterocycles. The highest BCUT2D eigenvalue weighted by atomic mass is 16.6. The van der Waals surface area contributed by atoms with Gasteiger partial charge >= 0.3 is 11.9 Å². The van der Waals surface area contributed by atoms with Crippen LogP contribution in [0.25, 0.3) is 0 Å². The highest BCUT2D eigenvalue weighted by molar-refractivity contribution is 5.67. The number of carbonyl (C=O) groups is 2. The maximum absolute atomic E-state index is 12.0. The van der Waals surface area contributed by atoms with E-state index in [-0.39, 0.29) is 12.0 Å². The average molecular weight is 421 g/mol. The lowest BCUT2D eigenvalue weighted by Gasteiger charge is -2.61. The first-order valence-electron chi connectivity index (χ1n) is 12.1. The molecule has 0 bridgehead atoms.